The Balaban J connectivity index is 1.49. The molecule has 1 aromatic carbocycles. The molecule has 4 rings (SSSR count). The van der Waals surface area contributed by atoms with Crippen molar-refractivity contribution < 1.29 is 18.7 Å². The van der Waals surface area contributed by atoms with E-state index in [4.69, 9.17) is 9.15 Å². The molecule has 2 aliphatic heterocycles. The van der Waals surface area contributed by atoms with E-state index in [2.05, 4.69) is 4.90 Å². The first-order chi connectivity index (χ1) is 14.4. The normalized spacial score (nSPS) is 22.4. The molecule has 2 fully saturated rings. The molecule has 1 aromatic heterocycles. The van der Waals surface area contributed by atoms with E-state index in [1.807, 2.05) is 23.1 Å². The van der Waals surface area contributed by atoms with Crippen molar-refractivity contribution in [2.24, 2.45) is 0 Å². The highest BCUT2D eigenvalue weighted by Gasteiger charge is 2.43. The van der Waals surface area contributed by atoms with Crippen molar-refractivity contribution in [3.63, 3.8) is 0 Å². The van der Waals surface area contributed by atoms with Crippen LogP contribution in [0.4, 0.5) is 0 Å². The van der Waals surface area contributed by atoms with Crippen LogP contribution >= 0.6 is 0 Å². The molecule has 1 atom stereocenters. The quantitative estimate of drug-likeness (QED) is 0.771. The van der Waals surface area contributed by atoms with Crippen molar-refractivity contribution >= 4 is 22.8 Å². The number of likely N-dealkylation sites (N-methyl/N-ethyl adjacent to an activating group) is 1. The fraction of sp³-hybridized carbons (Fsp3) is 0.565. The van der Waals surface area contributed by atoms with Gasteiger partial charge in [-0.3, -0.25) is 14.5 Å². The monoisotopic (exact) mass is 413 g/mol. The first-order valence-corrected chi connectivity index (χ1v) is 10.7. The molecular formula is C23H31N3O4. The lowest BCUT2D eigenvalue weighted by Crippen LogP contribution is -2.48. The second-order valence-corrected chi connectivity index (χ2v) is 8.67. The molecule has 2 saturated heterocycles. The van der Waals surface area contributed by atoms with Gasteiger partial charge < -0.3 is 19.0 Å². The van der Waals surface area contributed by atoms with Crippen LogP contribution in [-0.4, -0.2) is 79.4 Å². The molecule has 7 nitrogen and oxygen atoms in total. The molecular weight excluding hydrogens is 382 g/mol. The van der Waals surface area contributed by atoms with Gasteiger partial charge in [-0.25, -0.2) is 0 Å². The van der Waals surface area contributed by atoms with Gasteiger partial charge in [0.25, 0.3) is 5.91 Å². The second-order valence-electron chi connectivity index (χ2n) is 8.67. The fourth-order valence-electron chi connectivity index (χ4n) is 4.95. The summed E-state index contributed by atoms with van der Waals surface area (Å²) in [6.45, 7) is 2.81. The minimum Gasteiger partial charge on any atom is -0.493 e. The summed E-state index contributed by atoms with van der Waals surface area (Å²) in [5, 5.41) is 0.869. The number of ether oxygens (including phenoxy) is 1. The van der Waals surface area contributed by atoms with Gasteiger partial charge in [0.1, 0.15) is 0 Å². The average molecular weight is 414 g/mol. The number of furan rings is 1. The van der Waals surface area contributed by atoms with Gasteiger partial charge >= 0.3 is 0 Å². The molecule has 30 heavy (non-hydrogen) atoms. The topological polar surface area (TPSA) is 66.2 Å². The predicted molar refractivity (Wildman–Crippen MR) is 115 cm³/mol. The van der Waals surface area contributed by atoms with Crippen LogP contribution in [0.15, 0.2) is 28.7 Å². The maximum absolute atomic E-state index is 13.2. The Kier molecular flexibility index (Phi) is 5.73. The average Bonchev–Trinajstić information content (AvgIpc) is 3.27. The highest BCUT2D eigenvalue weighted by Crippen LogP contribution is 2.38. The molecule has 0 unspecified atom stereocenters. The highest BCUT2D eigenvalue weighted by molar-refractivity contribution is 5.97. The SMILES string of the molecule is COc1cccc2cc(C(=O)N3CCC[C@]4(CCCN4CC(=O)N(C)C)CC3)oc12. The Morgan fingerprint density at radius 3 is 2.63 bits per heavy atom. The first-order valence-electron chi connectivity index (χ1n) is 10.7. The minimum absolute atomic E-state index is 0.0256. The summed E-state index contributed by atoms with van der Waals surface area (Å²) in [5.74, 6) is 1.06. The summed E-state index contributed by atoms with van der Waals surface area (Å²) in [5.41, 5.74) is 0.636. The number of benzene rings is 1. The van der Waals surface area contributed by atoms with Crippen LogP contribution in [-0.2, 0) is 4.79 Å². The Morgan fingerprint density at radius 2 is 1.90 bits per heavy atom. The summed E-state index contributed by atoms with van der Waals surface area (Å²) in [4.78, 5) is 31.4. The third-order valence-corrected chi connectivity index (χ3v) is 6.71. The summed E-state index contributed by atoms with van der Waals surface area (Å²) >= 11 is 0. The molecule has 2 amide bonds. The van der Waals surface area contributed by atoms with Crippen molar-refractivity contribution in [2.45, 2.75) is 37.6 Å². The van der Waals surface area contributed by atoms with E-state index in [1.165, 1.54) is 0 Å². The lowest BCUT2D eigenvalue weighted by molar-refractivity contribution is -0.131. The number of likely N-dealkylation sites (tertiary alicyclic amines) is 2. The van der Waals surface area contributed by atoms with E-state index in [-0.39, 0.29) is 17.4 Å². The van der Waals surface area contributed by atoms with Crippen LogP contribution in [0.1, 0.15) is 42.7 Å². The van der Waals surface area contributed by atoms with E-state index in [0.717, 1.165) is 44.0 Å². The number of rotatable bonds is 4. The molecule has 162 valence electrons. The molecule has 0 saturated carbocycles. The van der Waals surface area contributed by atoms with Crippen molar-refractivity contribution in [1.82, 2.24) is 14.7 Å². The van der Waals surface area contributed by atoms with Gasteiger partial charge in [-0.15, -0.1) is 0 Å². The molecule has 0 aliphatic carbocycles. The number of nitrogens with zero attached hydrogens (tertiary/aromatic N) is 3. The number of para-hydroxylation sites is 1. The third kappa shape index (κ3) is 3.78. The number of hydrogen-bond donors (Lipinski definition) is 0. The van der Waals surface area contributed by atoms with Gasteiger partial charge in [0.05, 0.1) is 13.7 Å². The summed E-state index contributed by atoms with van der Waals surface area (Å²) in [6.07, 6.45) is 5.05. The molecule has 2 aromatic rings. The molecule has 0 radical (unpaired) electrons. The zero-order valence-electron chi connectivity index (χ0n) is 18.1. The van der Waals surface area contributed by atoms with Gasteiger partial charge in [0.15, 0.2) is 17.1 Å². The van der Waals surface area contributed by atoms with Crippen molar-refractivity contribution in [3.05, 3.63) is 30.0 Å². The number of carbonyl (C=O) groups is 2. The largest absolute Gasteiger partial charge is 0.493 e. The molecule has 1 spiro atoms. The number of methoxy groups -OCH3 is 1. The van der Waals surface area contributed by atoms with Crippen molar-refractivity contribution in [3.8, 4) is 5.75 Å². The summed E-state index contributed by atoms with van der Waals surface area (Å²) < 4.78 is 11.2. The van der Waals surface area contributed by atoms with E-state index in [1.54, 1.807) is 32.2 Å². The van der Waals surface area contributed by atoms with Crippen LogP contribution < -0.4 is 4.74 Å². The summed E-state index contributed by atoms with van der Waals surface area (Å²) in [7, 11) is 5.21. The second kappa shape index (κ2) is 8.30. The highest BCUT2D eigenvalue weighted by atomic mass is 16.5. The maximum atomic E-state index is 13.2. The van der Waals surface area contributed by atoms with Gasteiger partial charge in [-0.2, -0.15) is 0 Å². The van der Waals surface area contributed by atoms with Crippen molar-refractivity contribution in [1.29, 1.82) is 0 Å². The first kappa shape index (κ1) is 20.7. The maximum Gasteiger partial charge on any atom is 0.289 e. The smallest absolute Gasteiger partial charge is 0.289 e. The lowest BCUT2D eigenvalue weighted by Gasteiger charge is -2.38. The third-order valence-electron chi connectivity index (χ3n) is 6.71. The summed E-state index contributed by atoms with van der Waals surface area (Å²) in [6, 6.07) is 7.45. The van der Waals surface area contributed by atoms with E-state index in [9.17, 15) is 9.59 Å². The zero-order chi connectivity index (χ0) is 21.3. The molecule has 7 heteroatoms. The van der Waals surface area contributed by atoms with Gasteiger partial charge in [0.2, 0.25) is 5.91 Å². The van der Waals surface area contributed by atoms with Crippen LogP contribution in [0.2, 0.25) is 0 Å². The fourth-order valence-corrected chi connectivity index (χ4v) is 4.95. The Hall–Kier alpha value is -2.54. The number of amides is 2. The van der Waals surface area contributed by atoms with E-state index in [0.29, 0.717) is 36.7 Å². The molecule has 2 aliphatic rings. The van der Waals surface area contributed by atoms with Crippen LogP contribution in [0.3, 0.4) is 0 Å². The Morgan fingerprint density at radius 1 is 1.13 bits per heavy atom. The van der Waals surface area contributed by atoms with Crippen LogP contribution in [0.5, 0.6) is 5.75 Å². The molecule has 0 N–H and O–H groups in total. The van der Waals surface area contributed by atoms with Crippen LogP contribution in [0.25, 0.3) is 11.0 Å². The lowest BCUT2D eigenvalue weighted by atomic mass is 9.87. The van der Waals surface area contributed by atoms with Gasteiger partial charge in [0, 0.05) is 38.1 Å². The Bertz CT molecular complexity index is 938. The van der Waals surface area contributed by atoms with Crippen LogP contribution in [0, 0.1) is 0 Å². The van der Waals surface area contributed by atoms with Gasteiger partial charge in [-0.05, 0) is 50.8 Å². The molecule has 3 heterocycles. The van der Waals surface area contributed by atoms with E-state index < -0.39 is 0 Å². The van der Waals surface area contributed by atoms with Crippen molar-refractivity contribution in [2.75, 3.05) is 47.4 Å². The van der Waals surface area contributed by atoms with E-state index >= 15 is 0 Å². The number of fused-ring (bicyclic) bond motifs is 1. The Labute approximate surface area is 177 Å². The minimum atomic E-state index is -0.0702. The standard InChI is InChI=1S/C23H31N3O4/c1-24(2)20(27)16-26-13-6-10-23(26)9-5-12-25(14-11-23)22(28)19-15-17-7-4-8-18(29-3)21(17)30-19/h4,7-8,15H,5-6,9-14,16H2,1-3H3/t23-/m0/s1. The number of hydrogen-bond acceptors (Lipinski definition) is 5. The van der Waals surface area contributed by atoms with Gasteiger partial charge in [-0.1, -0.05) is 12.1 Å². The molecule has 0 bridgehead atoms. The predicted octanol–water partition coefficient (Wildman–Crippen LogP) is 2.99. The number of carbonyl (C=O) groups excluding carboxylic acids is 2. The zero-order valence-corrected chi connectivity index (χ0v) is 18.1.